The lowest BCUT2D eigenvalue weighted by atomic mass is 9.82. The summed E-state index contributed by atoms with van der Waals surface area (Å²) >= 11 is 0. The van der Waals surface area contributed by atoms with E-state index in [9.17, 15) is 19.1 Å². The number of carboxylic acid groups (broad SMARTS) is 1. The SMILES string of the molecule is CC1(C(=O)O)CCCN(C(=O)c2ccn(-c3ccc(F)cc3)n2)C1. The number of halogens is 1. The maximum atomic E-state index is 13.0. The average molecular weight is 331 g/mol. The van der Waals surface area contributed by atoms with E-state index in [4.69, 9.17) is 0 Å². The Balaban J connectivity index is 1.78. The number of carboxylic acids is 1. The summed E-state index contributed by atoms with van der Waals surface area (Å²) in [5.74, 6) is -1.52. The van der Waals surface area contributed by atoms with Gasteiger partial charge in [-0.2, -0.15) is 5.10 Å². The second kappa shape index (κ2) is 6.07. The Kier molecular flexibility index (Phi) is 4.09. The van der Waals surface area contributed by atoms with Crippen LogP contribution in [0.4, 0.5) is 4.39 Å². The molecule has 1 aromatic carbocycles. The third kappa shape index (κ3) is 3.02. The van der Waals surface area contributed by atoms with Gasteiger partial charge in [-0.3, -0.25) is 9.59 Å². The first kappa shape index (κ1) is 16.2. The zero-order valence-electron chi connectivity index (χ0n) is 13.3. The van der Waals surface area contributed by atoms with Crippen molar-refractivity contribution in [2.45, 2.75) is 19.8 Å². The predicted octanol–water partition coefficient (Wildman–Crippen LogP) is 2.34. The van der Waals surface area contributed by atoms with Crippen molar-refractivity contribution >= 4 is 11.9 Å². The number of hydrogen-bond acceptors (Lipinski definition) is 3. The van der Waals surface area contributed by atoms with Gasteiger partial charge in [0.2, 0.25) is 0 Å². The number of rotatable bonds is 3. The van der Waals surface area contributed by atoms with Crippen LogP contribution in [0, 0.1) is 11.2 Å². The van der Waals surface area contributed by atoms with E-state index in [0.29, 0.717) is 25.1 Å². The van der Waals surface area contributed by atoms with Gasteiger partial charge in [0.05, 0.1) is 11.1 Å². The molecule has 2 heterocycles. The largest absolute Gasteiger partial charge is 0.481 e. The Bertz CT molecular complexity index is 772. The summed E-state index contributed by atoms with van der Waals surface area (Å²) in [6.07, 6.45) is 2.82. The molecule has 0 bridgehead atoms. The van der Waals surface area contributed by atoms with Crippen LogP contribution in [0.15, 0.2) is 36.5 Å². The van der Waals surface area contributed by atoms with Crippen LogP contribution >= 0.6 is 0 Å². The molecule has 6 nitrogen and oxygen atoms in total. The lowest BCUT2D eigenvalue weighted by Gasteiger charge is -2.37. The molecule has 0 saturated carbocycles. The van der Waals surface area contributed by atoms with E-state index >= 15 is 0 Å². The van der Waals surface area contributed by atoms with Crippen LogP contribution in [0.25, 0.3) is 5.69 Å². The van der Waals surface area contributed by atoms with E-state index in [1.165, 1.54) is 21.7 Å². The molecule has 1 unspecified atom stereocenters. The number of nitrogens with zero attached hydrogens (tertiary/aromatic N) is 3. The van der Waals surface area contributed by atoms with Crippen molar-refractivity contribution in [2.24, 2.45) is 5.41 Å². The third-order valence-electron chi connectivity index (χ3n) is 4.40. The molecule has 1 aliphatic rings. The summed E-state index contributed by atoms with van der Waals surface area (Å²) in [6, 6.07) is 7.36. The minimum absolute atomic E-state index is 0.171. The van der Waals surface area contributed by atoms with E-state index in [2.05, 4.69) is 5.10 Å². The van der Waals surface area contributed by atoms with Crippen molar-refractivity contribution in [2.75, 3.05) is 13.1 Å². The van der Waals surface area contributed by atoms with Crippen molar-refractivity contribution < 1.29 is 19.1 Å². The van der Waals surface area contributed by atoms with E-state index in [1.807, 2.05) is 0 Å². The summed E-state index contributed by atoms with van der Waals surface area (Å²) in [5.41, 5.74) is -0.0357. The minimum atomic E-state index is -0.923. The molecule has 0 spiro atoms. The fourth-order valence-electron chi connectivity index (χ4n) is 2.92. The lowest BCUT2D eigenvalue weighted by Crippen LogP contribution is -2.48. The average Bonchev–Trinajstić information content (AvgIpc) is 3.04. The van der Waals surface area contributed by atoms with Crippen LogP contribution in [0.5, 0.6) is 0 Å². The summed E-state index contributed by atoms with van der Waals surface area (Å²) in [4.78, 5) is 25.6. The summed E-state index contributed by atoms with van der Waals surface area (Å²) in [6.45, 7) is 2.35. The normalized spacial score (nSPS) is 20.8. The Hall–Kier alpha value is -2.70. The van der Waals surface area contributed by atoms with Crippen LogP contribution in [-0.2, 0) is 4.79 Å². The topological polar surface area (TPSA) is 75.4 Å². The molecular formula is C17H18FN3O3. The molecule has 2 aromatic rings. The van der Waals surface area contributed by atoms with Gasteiger partial charge in [0.25, 0.3) is 5.91 Å². The molecule has 1 fully saturated rings. The number of aliphatic carboxylic acids is 1. The number of piperidine rings is 1. The van der Waals surface area contributed by atoms with Gasteiger partial charge in [-0.25, -0.2) is 9.07 Å². The van der Waals surface area contributed by atoms with Crippen LogP contribution in [0.2, 0.25) is 0 Å². The fraction of sp³-hybridized carbons (Fsp3) is 0.353. The standard InChI is InChI=1S/C17H18FN3O3/c1-17(16(23)24)8-2-9-20(11-17)15(22)14-7-10-21(19-14)13-5-3-12(18)4-6-13/h3-7,10H,2,8-9,11H2,1H3,(H,23,24). The number of aromatic nitrogens is 2. The molecular weight excluding hydrogens is 313 g/mol. The van der Waals surface area contributed by atoms with Crippen LogP contribution in [-0.4, -0.2) is 44.8 Å². The zero-order valence-corrected chi connectivity index (χ0v) is 13.3. The summed E-state index contributed by atoms with van der Waals surface area (Å²) in [5, 5.41) is 13.6. The second-order valence-corrected chi connectivity index (χ2v) is 6.32. The van der Waals surface area contributed by atoms with Crippen molar-refractivity contribution in [1.29, 1.82) is 0 Å². The fourth-order valence-corrected chi connectivity index (χ4v) is 2.92. The predicted molar refractivity (Wildman–Crippen MR) is 84.4 cm³/mol. The van der Waals surface area contributed by atoms with E-state index in [1.54, 1.807) is 31.3 Å². The first-order chi connectivity index (χ1) is 11.4. The maximum Gasteiger partial charge on any atom is 0.311 e. The van der Waals surface area contributed by atoms with Crippen molar-refractivity contribution in [1.82, 2.24) is 14.7 Å². The smallest absolute Gasteiger partial charge is 0.311 e. The highest BCUT2D eigenvalue weighted by Gasteiger charge is 2.39. The minimum Gasteiger partial charge on any atom is -0.481 e. The molecule has 1 aliphatic heterocycles. The highest BCUT2D eigenvalue weighted by molar-refractivity contribution is 5.92. The summed E-state index contributed by atoms with van der Waals surface area (Å²) < 4.78 is 14.5. The van der Waals surface area contributed by atoms with Crippen LogP contribution < -0.4 is 0 Å². The van der Waals surface area contributed by atoms with Gasteiger partial charge in [-0.15, -0.1) is 0 Å². The Morgan fingerprint density at radius 3 is 2.62 bits per heavy atom. The van der Waals surface area contributed by atoms with Gasteiger partial charge in [-0.1, -0.05) is 0 Å². The van der Waals surface area contributed by atoms with Crippen LogP contribution in [0.3, 0.4) is 0 Å². The number of amides is 1. The first-order valence-corrected chi connectivity index (χ1v) is 7.73. The third-order valence-corrected chi connectivity index (χ3v) is 4.40. The molecule has 1 saturated heterocycles. The molecule has 0 aliphatic carbocycles. The molecule has 1 N–H and O–H groups in total. The molecule has 7 heteroatoms. The van der Waals surface area contributed by atoms with Gasteiger partial charge in [-0.05, 0) is 50.1 Å². The van der Waals surface area contributed by atoms with Gasteiger partial charge < -0.3 is 10.0 Å². The Morgan fingerprint density at radius 2 is 1.96 bits per heavy atom. The molecule has 1 amide bonds. The second-order valence-electron chi connectivity index (χ2n) is 6.32. The molecule has 3 rings (SSSR count). The number of carbonyl (C=O) groups excluding carboxylic acids is 1. The number of hydrogen-bond donors (Lipinski definition) is 1. The quantitative estimate of drug-likeness (QED) is 0.937. The molecule has 1 atom stereocenters. The van der Waals surface area contributed by atoms with Crippen LogP contribution in [0.1, 0.15) is 30.3 Å². The molecule has 0 radical (unpaired) electrons. The Morgan fingerprint density at radius 1 is 1.25 bits per heavy atom. The first-order valence-electron chi connectivity index (χ1n) is 7.73. The molecule has 126 valence electrons. The van der Waals surface area contributed by atoms with E-state index < -0.39 is 11.4 Å². The number of carbonyl (C=O) groups is 2. The van der Waals surface area contributed by atoms with Gasteiger partial charge in [0.15, 0.2) is 5.69 Å². The highest BCUT2D eigenvalue weighted by Crippen LogP contribution is 2.30. The van der Waals surface area contributed by atoms with E-state index in [-0.39, 0.29) is 24.0 Å². The maximum absolute atomic E-state index is 13.0. The van der Waals surface area contributed by atoms with Gasteiger partial charge >= 0.3 is 5.97 Å². The van der Waals surface area contributed by atoms with E-state index in [0.717, 1.165) is 0 Å². The van der Waals surface area contributed by atoms with Gasteiger partial charge in [0.1, 0.15) is 5.82 Å². The number of likely N-dealkylation sites (tertiary alicyclic amines) is 1. The highest BCUT2D eigenvalue weighted by atomic mass is 19.1. The molecule has 1 aromatic heterocycles. The lowest BCUT2D eigenvalue weighted by molar-refractivity contribution is -0.150. The van der Waals surface area contributed by atoms with Crippen molar-refractivity contribution in [3.05, 3.63) is 48.0 Å². The number of benzene rings is 1. The Labute approximate surface area is 138 Å². The van der Waals surface area contributed by atoms with Gasteiger partial charge in [0, 0.05) is 19.3 Å². The molecule has 24 heavy (non-hydrogen) atoms. The monoisotopic (exact) mass is 331 g/mol. The summed E-state index contributed by atoms with van der Waals surface area (Å²) in [7, 11) is 0. The van der Waals surface area contributed by atoms with Crippen molar-refractivity contribution in [3.63, 3.8) is 0 Å². The zero-order chi connectivity index (χ0) is 17.3. The van der Waals surface area contributed by atoms with Crippen molar-refractivity contribution in [3.8, 4) is 5.69 Å².